The second-order valence-electron chi connectivity index (χ2n) is 4.53. The lowest BCUT2D eigenvalue weighted by Gasteiger charge is -2.05. The van der Waals surface area contributed by atoms with Gasteiger partial charge in [0.15, 0.2) is 0 Å². The first-order chi connectivity index (χ1) is 10.1. The van der Waals surface area contributed by atoms with Gasteiger partial charge in [-0.3, -0.25) is 0 Å². The van der Waals surface area contributed by atoms with Gasteiger partial charge in [-0.2, -0.15) is 0 Å². The molecule has 0 saturated carbocycles. The lowest BCUT2D eigenvalue weighted by molar-refractivity contribution is 0.594. The Morgan fingerprint density at radius 1 is 1.05 bits per heavy atom. The van der Waals surface area contributed by atoms with Crippen molar-refractivity contribution in [3.8, 4) is 0 Å². The molecule has 21 heavy (non-hydrogen) atoms. The normalized spacial score (nSPS) is 11.4. The quantitative estimate of drug-likeness (QED) is 0.795. The first kappa shape index (κ1) is 13.5. The minimum Gasteiger partial charge on any atom is -0.440 e. The van der Waals surface area contributed by atoms with Gasteiger partial charge in [0.25, 0.3) is 10.0 Å². The number of hydrogen-bond donors (Lipinski definition) is 1. The van der Waals surface area contributed by atoms with Crippen molar-refractivity contribution in [3.05, 3.63) is 66.7 Å². The number of anilines is 1. The van der Waals surface area contributed by atoms with Gasteiger partial charge in [-0.15, -0.1) is 0 Å². The monoisotopic (exact) mass is 299 g/mol. The third-order valence-electron chi connectivity index (χ3n) is 3.06. The standard InChI is InChI=1S/C16H13NO3S/c1-2-12-6-5-8-14(10-12)21(18,19)17-16-11-13-7-3-4-9-15(13)20-16/h2-11,17H,1H2. The van der Waals surface area contributed by atoms with Crippen molar-refractivity contribution in [2.24, 2.45) is 0 Å². The minimum absolute atomic E-state index is 0.167. The van der Waals surface area contributed by atoms with Crippen LogP contribution in [0.15, 0.2) is 70.5 Å². The van der Waals surface area contributed by atoms with Gasteiger partial charge >= 0.3 is 0 Å². The molecular formula is C16H13NO3S. The molecule has 0 unspecified atom stereocenters. The van der Waals surface area contributed by atoms with Crippen LogP contribution in [-0.2, 0) is 10.0 Å². The molecule has 2 aromatic carbocycles. The van der Waals surface area contributed by atoms with Crippen LogP contribution < -0.4 is 4.72 Å². The summed E-state index contributed by atoms with van der Waals surface area (Å²) in [5.74, 6) is 0.195. The van der Waals surface area contributed by atoms with E-state index in [2.05, 4.69) is 11.3 Å². The maximum absolute atomic E-state index is 12.3. The van der Waals surface area contributed by atoms with Crippen molar-refractivity contribution in [3.63, 3.8) is 0 Å². The highest BCUT2D eigenvalue weighted by molar-refractivity contribution is 7.92. The van der Waals surface area contributed by atoms with Crippen molar-refractivity contribution < 1.29 is 12.8 Å². The summed E-state index contributed by atoms with van der Waals surface area (Å²) in [4.78, 5) is 0.167. The predicted molar refractivity (Wildman–Crippen MR) is 83.6 cm³/mol. The van der Waals surface area contributed by atoms with E-state index in [9.17, 15) is 8.42 Å². The fourth-order valence-electron chi connectivity index (χ4n) is 2.03. The second-order valence-corrected chi connectivity index (χ2v) is 6.21. The SMILES string of the molecule is C=Cc1cccc(S(=O)(=O)Nc2cc3ccccc3o2)c1. The van der Waals surface area contributed by atoms with Crippen molar-refractivity contribution >= 4 is 33.0 Å². The molecule has 0 aliphatic carbocycles. The number of rotatable bonds is 4. The zero-order chi connectivity index (χ0) is 14.9. The van der Waals surface area contributed by atoms with Gasteiger partial charge in [-0.25, -0.2) is 13.1 Å². The molecule has 4 nitrogen and oxygen atoms in total. The molecule has 1 N–H and O–H groups in total. The Morgan fingerprint density at radius 2 is 1.86 bits per heavy atom. The first-order valence-corrected chi connectivity index (χ1v) is 7.81. The maximum Gasteiger partial charge on any atom is 0.264 e. The molecule has 0 aliphatic heterocycles. The van der Waals surface area contributed by atoms with E-state index in [0.29, 0.717) is 5.58 Å². The van der Waals surface area contributed by atoms with Crippen LogP contribution in [-0.4, -0.2) is 8.42 Å². The van der Waals surface area contributed by atoms with Crippen LogP contribution in [0, 0.1) is 0 Å². The van der Waals surface area contributed by atoms with Gasteiger partial charge in [0, 0.05) is 11.5 Å². The number of para-hydroxylation sites is 1. The Bertz CT molecular complexity index is 877. The molecule has 1 aromatic heterocycles. The Kier molecular flexibility index (Phi) is 3.27. The second kappa shape index (κ2) is 5.10. The van der Waals surface area contributed by atoms with E-state index in [1.54, 1.807) is 36.4 Å². The average Bonchev–Trinajstić information content (AvgIpc) is 2.88. The molecule has 0 bridgehead atoms. The van der Waals surface area contributed by atoms with Gasteiger partial charge in [0.2, 0.25) is 5.88 Å². The lowest BCUT2D eigenvalue weighted by atomic mass is 10.2. The predicted octanol–water partition coefficient (Wildman–Crippen LogP) is 3.88. The summed E-state index contributed by atoms with van der Waals surface area (Å²) in [5.41, 5.74) is 1.37. The Balaban J connectivity index is 1.96. The summed E-state index contributed by atoms with van der Waals surface area (Å²) in [6.45, 7) is 3.63. The third-order valence-corrected chi connectivity index (χ3v) is 4.41. The van der Waals surface area contributed by atoms with Crippen LogP contribution in [0.25, 0.3) is 17.0 Å². The van der Waals surface area contributed by atoms with Crippen LogP contribution >= 0.6 is 0 Å². The molecular weight excluding hydrogens is 286 g/mol. The van der Waals surface area contributed by atoms with Crippen LogP contribution in [0.1, 0.15) is 5.56 Å². The van der Waals surface area contributed by atoms with Gasteiger partial charge in [0.05, 0.1) is 4.90 Å². The van der Waals surface area contributed by atoms with E-state index in [1.165, 1.54) is 6.07 Å². The van der Waals surface area contributed by atoms with Crippen molar-refractivity contribution in [1.82, 2.24) is 0 Å². The first-order valence-electron chi connectivity index (χ1n) is 6.32. The molecule has 3 rings (SSSR count). The molecule has 0 radical (unpaired) electrons. The highest BCUT2D eigenvalue weighted by Crippen LogP contribution is 2.25. The Labute approximate surface area is 122 Å². The molecule has 5 heteroatoms. The van der Waals surface area contributed by atoms with Gasteiger partial charge in [0.1, 0.15) is 5.58 Å². The summed E-state index contributed by atoms with van der Waals surface area (Å²) in [6.07, 6.45) is 1.60. The van der Waals surface area contributed by atoms with E-state index in [-0.39, 0.29) is 10.8 Å². The molecule has 0 spiro atoms. The number of nitrogens with one attached hydrogen (secondary N) is 1. The summed E-state index contributed by atoms with van der Waals surface area (Å²) < 4.78 is 32.6. The summed E-state index contributed by atoms with van der Waals surface area (Å²) in [6, 6.07) is 15.5. The van der Waals surface area contributed by atoms with Crippen LogP contribution in [0.3, 0.4) is 0 Å². The molecule has 0 aliphatic rings. The number of sulfonamides is 1. The van der Waals surface area contributed by atoms with Crippen molar-refractivity contribution in [2.45, 2.75) is 4.90 Å². The van der Waals surface area contributed by atoms with Crippen LogP contribution in [0.5, 0.6) is 0 Å². The van der Waals surface area contributed by atoms with Gasteiger partial charge < -0.3 is 4.42 Å². The average molecular weight is 299 g/mol. The molecule has 106 valence electrons. The largest absolute Gasteiger partial charge is 0.440 e. The summed E-state index contributed by atoms with van der Waals surface area (Å²) in [7, 11) is -3.69. The smallest absolute Gasteiger partial charge is 0.264 e. The summed E-state index contributed by atoms with van der Waals surface area (Å²) >= 11 is 0. The van der Waals surface area contributed by atoms with E-state index in [4.69, 9.17) is 4.42 Å². The third kappa shape index (κ3) is 2.68. The number of fused-ring (bicyclic) bond motifs is 1. The highest BCUT2D eigenvalue weighted by atomic mass is 32.2. The van der Waals surface area contributed by atoms with Gasteiger partial charge in [-0.05, 0) is 23.8 Å². The zero-order valence-electron chi connectivity index (χ0n) is 11.1. The molecule has 0 atom stereocenters. The molecule has 0 amide bonds. The van der Waals surface area contributed by atoms with Crippen molar-refractivity contribution in [1.29, 1.82) is 0 Å². The number of benzene rings is 2. The van der Waals surface area contributed by atoms with E-state index < -0.39 is 10.0 Å². The molecule has 0 saturated heterocycles. The van der Waals surface area contributed by atoms with E-state index in [1.807, 2.05) is 18.2 Å². The number of furan rings is 1. The van der Waals surface area contributed by atoms with Crippen LogP contribution in [0.4, 0.5) is 5.88 Å². The molecule has 1 heterocycles. The lowest BCUT2D eigenvalue weighted by Crippen LogP contribution is -2.12. The Morgan fingerprint density at radius 3 is 2.62 bits per heavy atom. The maximum atomic E-state index is 12.3. The summed E-state index contributed by atoms with van der Waals surface area (Å²) in [5, 5.41) is 0.843. The molecule has 3 aromatic rings. The molecule has 0 fully saturated rings. The van der Waals surface area contributed by atoms with E-state index in [0.717, 1.165) is 10.9 Å². The van der Waals surface area contributed by atoms with Crippen LogP contribution in [0.2, 0.25) is 0 Å². The zero-order valence-corrected chi connectivity index (χ0v) is 11.9. The van der Waals surface area contributed by atoms with E-state index >= 15 is 0 Å². The van der Waals surface area contributed by atoms with Gasteiger partial charge in [-0.1, -0.05) is 43.0 Å². The number of hydrogen-bond acceptors (Lipinski definition) is 3. The van der Waals surface area contributed by atoms with Crippen molar-refractivity contribution in [2.75, 3.05) is 4.72 Å². The fraction of sp³-hybridized carbons (Fsp3) is 0. The Hall–Kier alpha value is -2.53. The fourth-order valence-corrected chi connectivity index (χ4v) is 3.06. The highest BCUT2D eigenvalue weighted by Gasteiger charge is 2.16. The minimum atomic E-state index is -3.69. The topological polar surface area (TPSA) is 59.3 Å².